The number of esters is 1. The molecule has 20 heavy (non-hydrogen) atoms. The molecule has 2 heterocycles. The highest BCUT2D eigenvalue weighted by molar-refractivity contribution is 5.96. The van der Waals surface area contributed by atoms with Crippen molar-refractivity contribution in [1.29, 1.82) is 0 Å². The van der Waals surface area contributed by atoms with Crippen LogP contribution in [0.4, 0.5) is 0 Å². The Bertz CT molecular complexity index is 592. The number of carbonyl (C=O) groups excluding carboxylic acids is 1. The van der Waals surface area contributed by atoms with Crippen molar-refractivity contribution < 1.29 is 23.7 Å². The van der Waals surface area contributed by atoms with Crippen LogP contribution in [-0.4, -0.2) is 26.8 Å². The maximum absolute atomic E-state index is 12.1. The zero-order chi connectivity index (χ0) is 14.3. The molecule has 1 atom stereocenters. The van der Waals surface area contributed by atoms with Gasteiger partial charge < -0.3 is 18.9 Å². The van der Waals surface area contributed by atoms with Gasteiger partial charge in [-0.3, -0.25) is 0 Å². The summed E-state index contributed by atoms with van der Waals surface area (Å²) in [6, 6.07) is 3.37. The molecule has 3 rings (SSSR count). The Hall–Kier alpha value is -2.01. The quantitative estimate of drug-likeness (QED) is 0.613. The lowest BCUT2D eigenvalue weighted by molar-refractivity contribution is -0.214. The molecule has 1 spiro atoms. The predicted molar refractivity (Wildman–Crippen MR) is 71.0 cm³/mol. The van der Waals surface area contributed by atoms with Crippen molar-refractivity contribution in [3.05, 3.63) is 35.4 Å². The molecule has 0 N–H and O–H groups in total. The van der Waals surface area contributed by atoms with Crippen molar-refractivity contribution in [2.75, 3.05) is 20.8 Å². The van der Waals surface area contributed by atoms with Gasteiger partial charge in [-0.25, -0.2) is 4.79 Å². The van der Waals surface area contributed by atoms with E-state index in [0.717, 1.165) is 12.0 Å². The number of ether oxygens (including phenoxy) is 4. The first kappa shape index (κ1) is 13.0. The Balaban J connectivity index is 2.18. The molecule has 0 radical (unpaired) electrons. The second-order valence-electron chi connectivity index (χ2n) is 4.92. The highest BCUT2D eigenvalue weighted by Gasteiger charge is 2.51. The first-order valence-corrected chi connectivity index (χ1v) is 6.40. The number of hydrogen-bond donors (Lipinski definition) is 0. The first-order valence-electron chi connectivity index (χ1n) is 6.40. The van der Waals surface area contributed by atoms with Crippen LogP contribution < -0.4 is 9.47 Å². The molecule has 0 aromatic heterocycles. The molecular formula is C15H16O5. The van der Waals surface area contributed by atoms with Gasteiger partial charge in [0.2, 0.25) is 5.79 Å². The molecule has 0 amide bonds. The smallest absolute Gasteiger partial charge is 0.341 e. The van der Waals surface area contributed by atoms with E-state index in [4.69, 9.17) is 18.9 Å². The number of carbonyl (C=O) groups is 1. The Morgan fingerprint density at radius 3 is 2.75 bits per heavy atom. The summed E-state index contributed by atoms with van der Waals surface area (Å²) >= 11 is 0. The van der Waals surface area contributed by atoms with Gasteiger partial charge >= 0.3 is 5.97 Å². The van der Waals surface area contributed by atoms with Crippen LogP contribution in [0.1, 0.15) is 28.8 Å². The van der Waals surface area contributed by atoms with E-state index >= 15 is 0 Å². The number of benzene rings is 1. The minimum atomic E-state index is -1.10. The van der Waals surface area contributed by atoms with Gasteiger partial charge in [-0.05, 0) is 12.5 Å². The number of hydrogen-bond acceptors (Lipinski definition) is 5. The van der Waals surface area contributed by atoms with Gasteiger partial charge in [0.1, 0.15) is 11.5 Å². The van der Waals surface area contributed by atoms with Crippen molar-refractivity contribution in [3.63, 3.8) is 0 Å². The van der Waals surface area contributed by atoms with Crippen LogP contribution in [0.2, 0.25) is 0 Å². The molecule has 106 valence electrons. The minimum absolute atomic E-state index is 0.424. The first-order chi connectivity index (χ1) is 9.59. The Morgan fingerprint density at radius 1 is 1.30 bits per heavy atom. The minimum Gasteiger partial charge on any atom is -0.497 e. The topological polar surface area (TPSA) is 54.0 Å². The van der Waals surface area contributed by atoms with Gasteiger partial charge in [-0.1, -0.05) is 12.2 Å². The van der Waals surface area contributed by atoms with Gasteiger partial charge in [-0.15, -0.1) is 0 Å². The van der Waals surface area contributed by atoms with E-state index < -0.39 is 11.8 Å². The van der Waals surface area contributed by atoms with E-state index in [1.165, 1.54) is 7.11 Å². The van der Waals surface area contributed by atoms with Crippen molar-refractivity contribution in [3.8, 4) is 11.5 Å². The van der Waals surface area contributed by atoms with E-state index in [0.29, 0.717) is 35.7 Å². The molecule has 1 saturated heterocycles. The third-order valence-electron chi connectivity index (χ3n) is 3.66. The fraction of sp³-hybridized carbons (Fsp3) is 0.400. The summed E-state index contributed by atoms with van der Waals surface area (Å²) in [6.07, 6.45) is 1.22. The average molecular weight is 276 g/mol. The summed E-state index contributed by atoms with van der Waals surface area (Å²) in [7, 11) is 3.08. The summed E-state index contributed by atoms with van der Waals surface area (Å²) in [5.74, 6) is -0.449. The van der Waals surface area contributed by atoms with Crippen LogP contribution in [-0.2, 0) is 15.3 Å². The third kappa shape index (κ3) is 1.78. The fourth-order valence-corrected chi connectivity index (χ4v) is 2.73. The largest absolute Gasteiger partial charge is 0.497 e. The Labute approximate surface area is 117 Å². The molecule has 1 aromatic rings. The van der Waals surface area contributed by atoms with E-state index in [1.807, 2.05) is 0 Å². The summed E-state index contributed by atoms with van der Waals surface area (Å²) < 4.78 is 21.9. The van der Waals surface area contributed by atoms with Crippen molar-refractivity contribution in [1.82, 2.24) is 0 Å². The summed E-state index contributed by atoms with van der Waals surface area (Å²) in [5.41, 5.74) is 2.05. The second kappa shape index (κ2) is 4.52. The van der Waals surface area contributed by atoms with Crippen LogP contribution in [0.3, 0.4) is 0 Å². The molecule has 5 heteroatoms. The Morgan fingerprint density at radius 2 is 2.10 bits per heavy atom. The molecular weight excluding hydrogens is 260 g/mol. The summed E-state index contributed by atoms with van der Waals surface area (Å²) in [4.78, 5) is 12.1. The summed E-state index contributed by atoms with van der Waals surface area (Å²) in [5, 5.41) is 0. The second-order valence-corrected chi connectivity index (χ2v) is 4.92. The normalized spacial score (nSPS) is 24.5. The Kier molecular flexibility index (Phi) is 2.94. The molecule has 2 aliphatic heterocycles. The third-order valence-corrected chi connectivity index (χ3v) is 3.66. The molecule has 5 nitrogen and oxygen atoms in total. The van der Waals surface area contributed by atoms with E-state index in [2.05, 4.69) is 6.58 Å². The predicted octanol–water partition coefficient (Wildman–Crippen LogP) is 2.39. The van der Waals surface area contributed by atoms with E-state index in [1.54, 1.807) is 19.2 Å². The van der Waals surface area contributed by atoms with Crippen LogP contribution in [0.25, 0.3) is 0 Å². The fourth-order valence-electron chi connectivity index (χ4n) is 2.73. The molecule has 2 aliphatic rings. The van der Waals surface area contributed by atoms with Gasteiger partial charge in [-0.2, -0.15) is 0 Å². The maximum Gasteiger partial charge on any atom is 0.341 e. The lowest BCUT2D eigenvalue weighted by atomic mass is 9.92. The SMILES string of the molecule is C=C1CCOC2(C1)OC(=O)c1cc(OC)cc(OC)c12. The van der Waals surface area contributed by atoms with E-state index in [-0.39, 0.29) is 0 Å². The molecule has 0 aliphatic carbocycles. The molecule has 1 fully saturated rings. The van der Waals surface area contributed by atoms with Crippen molar-refractivity contribution in [2.45, 2.75) is 18.6 Å². The van der Waals surface area contributed by atoms with Crippen LogP contribution in [0.5, 0.6) is 11.5 Å². The maximum atomic E-state index is 12.1. The lowest BCUT2D eigenvalue weighted by Crippen LogP contribution is -2.34. The zero-order valence-electron chi connectivity index (χ0n) is 11.5. The van der Waals surface area contributed by atoms with Crippen LogP contribution >= 0.6 is 0 Å². The number of methoxy groups -OCH3 is 2. The molecule has 0 saturated carbocycles. The molecule has 1 unspecified atom stereocenters. The highest BCUT2D eigenvalue weighted by atomic mass is 16.7. The van der Waals surface area contributed by atoms with Gasteiger partial charge in [0.15, 0.2) is 0 Å². The standard InChI is InChI=1S/C15H16O5/c1-9-4-5-19-15(8-9)13-11(14(16)20-15)6-10(17-2)7-12(13)18-3/h6-7H,1,4-5,8H2,2-3H3. The summed E-state index contributed by atoms with van der Waals surface area (Å²) in [6.45, 7) is 4.46. The highest BCUT2D eigenvalue weighted by Crippen LogP contribution is 2.49. The van der Waals surface area contributed by atoms with Gasteiger partial charge in [0.05, 0.1) is 32.0 Å². The van der Waals surface area contributed by atoms with Crippen LogP contribution in [0.15, 0.2) is 24.3 Å². The lowest BCUT2D eigenvalue weighted by Gasteiger charge is -2.34. The zero-order valence-corrected chi connectivity index (χ0v) is 11.5. The van der Waals surface area contributed by atoms with Crippen LogP contribution in [0, 0.1) is 0 Å². The number of rotatable bonds is 2. The van der Waals surface area contributed by atoms with Crippen molar-refractivity contribution in [2.24, 2.45) is 0 Å². The van der Waals surface area contributed by atoms with Gasteiger partial charge in [0, 0.05) is 12.5 Å². The monoisotopic (exact) mass is 276 g/mol. The van der Waals surface area contributed by atoms with Crippen molar-refractivity contribution >= 4 is 5.97 Å². The average Bonchev–Trinajstić information content (AvgIpc) is 2.70. The number of fused-ring (bicyclic) bond motifs is 2. The van der Waals surface area contributed by atoms with Gasteiger partial charge in [0.25, 0.3) is 0 Å². The molecule has 0 bridgehead atoms. The van der Waals surface area contributed by atoms with E-state index in [9.17, 15) is 4.79 Å². The molecule has 1 aromatic carbocycles.